The van der Waals surface area contributed by atoms with Gasteiger partial charge in [0.2, 0.25) is 5.91 Å². The fourth-order valence-electron chi connectivity index (χ4n) is 3.89. The Labute approximate surface area is 176 Å². The SMILES string of the molecule is O=C(Cn1nc(-c2ccccc2)c2c(c1=O)CCCC2)Nc1ccccc1C(F)(F)F. The van der Waals surface area contributed by atoms with E-state index in [9.17, 15) is 22.8 Å². The highest BCUT2D eigenvalue weighted by atomic mass is 19.4. The summed E-state index contributed by atoms with van der Waals surface area (Å²) in [6.45, 7) is -0.474. The summed E-state index contributed by atoms with van der Waals surface area (Å²) in [5, 5.41) is 6.70. The number of para-hydroxylation sites is 1. The van der Waals surface area contributed by atoms with Crippen molar-refractivity contribution in [2.45, 2.75) is 38.4 Å². The van der Waals surface area contributed by atoms with Crippen molar-refractivity contribution in [2.75, 3.05) is 5.32 Å². The number of benzene rings is 2. The van der Waals surface area contributed by atoms with Gasteiger partial charge in [-0.2, -0.15) is 18.3 Å². The van der Waals surface area contributed by atoms with Crippen LogP contribution in [0.1, 0.15) is 29.5 Å². The number of rotatable bonds is 4. The van der Waals surface area contributed by atoms with E-state index >= 15 is 0 Å². The van der Waals surface area contributed by atoms with E-state index in [1.807, 2.05) is 30.3 Å². The molecule has 0 saturated heterocycles. The highest BCUT2D eigenvalue weighted by Crippen LogP contribution is 2.34. The Hall–Kier alpha value is -3.42. The molecule has 0 spiro atoms. The van der Waals surface area contributed by atoms with Crippen molar-refractivity contribution in [1.82, 2.24) is 9.78 Å². The number of nitrogens with zero attached hydrogens (tertiary/aromatic N) is 2. The van der Waals surface area contributed by atoms with Gasteiger partial charge in [0.25, 0.3) is 5.56 Å². The summed E-state index contributed by atoms with van der Waals surface area (Å²) in [5.74, 6) is -0.749. The summed E-state index contributed by atoms with van der Waals surface area (Å²) in [6, 6.07) is 14.1. The van der Waals surface area contributed by atoms with E-state index in [2.05, 4.69) is 10.4 Å². The van der Waals surface area contributed by atoms with Crippen molar-refractivity contribution in [2.24, 2.45) is 0 Å². The molecule has 4 rings (SSSR count). The van der Waals surface area contributed by atoms with Gasteiger partial charge in [-0.1, -0.05) is 42.5 Å². The maximum atomic E-state index is 13.2. The van der Waals surface area contributed by atoms with Crippen LogP contribution in [0, 0.1) is 0 Å². The van der Waals surface area contributed by atoms with Gasteiger partial charge in [0, 0.05) is 11.1 Å². The number of halogens is 3. The molecular formula is C23H20F3N3O2. The number of nitrogens with one attached hydrogen (secondary N) is 1. The van der Waals surface area contributed by atoms with Crippen molar-refractivity contribution in [3.8, 4) is 11.3 Å². The van der Waals surface area contributed by atoms with E-state index in [0.29, 0.717) is 17.7 Å². The lowest BCUT2D eigenvalue weighted by atomic mass is 9.90. The lowest BCUT2D eigenvalue weighted by molar-refractivity contribution is -0.137. The van der Waals surface area contributed by atoms with Gasteiger partial charge in [-0.15, -0.1) is 0 Å². The zero-order valence-corrected chi connectivity index (χ0v) is 16.6. The van der Waals surface area contributed by atoms with Crippen LogP contribution >= 0.6 is 0 Å². The Morgan fingerprint density at radius 2 is 1.61 bits per heavy atom. The first kappa shape index (κ1) is 20.8. The zero-order chi connectivity index (χ0) is 22.0. The molecule has 1 N–H and O–H groups in total. The Balaban J connectivity index is 1.68. The Morgan fingerprint density at radius 3 is 2.32 bits per heavy atom. The van der Waals surface area contributed by atoms with E-state index in [0.717, 1.165) is 41.1 Å². The molecule has 0 saturated carbocycles. The largest absolute Gasteiger partial charge is 0.418 e. The Kier molecular flexibility index (Phi) is 5.63. The number of aromatic nitrogens is 2. The first-order valence-electron chi connectivity index (χ1n) is 9.99. The van der Waals surface area contributed by atoms with E-state index in [1.54, 1.807) is 0 Å². The number of amides is 1. The fourth-order valence-corrected chi connectivity index (χ4v) is 3.89. The van der Waals surface area contributed by atoms with Gasteiger partial charge in [-0.25, -0.2) is 4.68 Å². The molecule has 1 aliphatic carbocycles. The van der Waals surface area contributed by atoms with E-state index < -0.39 is 24.2 Å². The summed E-state index contributed by atoms with van der Waals surface area (Å²) in [7, 11) is 0. The molecule has 31 heavy (non-hydrogen) atoms. The molecule has 1 aliphatic rings. The third-order valence-electron chi connectivity index (χ3n) is 5.31. The van der Waals surface area contributed by atoms with Gasteiger partial charge in [-0.05, 0) is 43.4 Å². The van der Waals surface area contributed by atoms with Crippen molar-refractivity contribution in [1.29, 1.82) is 0 Å². The second kappa shape index (κ2) is 8.37. The smallest absolute Gasteiger partial charge is 0.324 e. The lowest BCUT2D eigenvalue weighted by Gasteiger charge is -2.20. The van der Waals surface area contributed by atoms with Gasteiger partial charge in [-0.3, -0.25) is 9.59 Å². The van der Waals surface area contributed by atoms with Crippen LogP contribution in [0.5, 0.6) is 0 Å². The number of carbonyl (C=O) groups is 1. The van der Waals surface area contributed by atoms with E-state index in [1.165, 1.54) is 18.2 Å². The van der Waals surface area contributed by atoms with Crippen LogP contribution in [0.4, 0.5) is 18.9 Å². The molecule has 0 fully saturated rings. The maximum absolute atomic E-state index is 13.2. The first-order valence-corrected chi connectivity index (χ1v) is 9.99. The standard InChI is InChI=1S/C23H20F3N3O2/c24-23(25,26)18-12-6-7-13-19(18)27-20(30)14-29-22(31)17-11-5-4-10-16(17)21(28-29)15-8-2-1-3-9-15/h1-3,6-9,12-13H,4-5,10-11,14H2,(H,27,30). The maximum Gasteiger partial charge on any atom is 0.418 e. The molecule has 0 bridgehead atoms. The van der Waals surface area contributed by atoms with Crippen LogP contribution in [0.2, 0.25) is 0 Å². The zero-order valence-electron chi connectivity index (χ0n) is 16.6. The molecular weight excluding hydrogens is 407 g/mol. The van der Waals surface area contributed by atoms with Crippen molar-refractivity contribution < 1.29 is 18.0 Å². The average molecular weight is 427 g/mol. The molecule has 0 atom stereocenters. The van der Waals surface area contributed by atoms with Crippen LogP contribution in [-0.4, -0.2) is 15.7 Å². The third kappa shape index (κ3) is 4.38. The number of fused-ring (bicyclic) bond motifs is 1. The van der Waals surface area contributed by atoms with Crippen molar-refractivity contribution in [3.05, 3.63) is 81.6 Å². The highest BCUT2D eigenvalue weighted by molar-refractivity contribution is 5.91. The summed E-state index contributed by atoms with van der Waals surface area (Å²) >= 11 is 0. The second-order valence-corrected chi connectivity index (χ2v) is 7.43. The Morgan fingerprint density at radius 1 is 0.968 bits per heavy atom. The van der Waals surface area contributed by atoms with Crippen LogP contribution in [0.15, 0.2) is 59.4 Å². The van der Waals surface area contributed by atoms with Crippen LogP contribution in [0.25, 0.3) is 11.3 Å². The van der Waals surface area contributed by atoms with Gasteiger partial charge < -0.3 is 5.32 Å². The summed E-state index contributed by atoms with van der Waals surface area (Å²) in [4.78, 5) is 25.5. The molecule has 1 amide bonds. The molecule has 0 aliphatic heterocycles. The fraction of sp³-hybridized carbons (Fsp3) is 0.261. The minimum absolute atomic E-state index is 0.353. The van der Waals surface area contributed by atoms with Gasteiger partial charge in [0.15, 0.2) is 0 Å². The topological polar surface area (TPSA) is 64.0 Å². The molecule has 8 heteroatoms. The number of hydrogen-bond acceptors (Lipinski definition) is 3. The predicted octanol–water partition coefficient (Wildman–Crippen LogP) is 4.45. The van der Waals surface area contributed by atoms with Crippen LogP contribution < -0.4 is 10.9 Å². The molecule has 1 aromatic heterocycles. The van der Waals surface area contributed by atoms with Gasteiger partial charge in [0.1, 0.15) is 6.54 Å². The Bertz CT molecular complexity index is 1170. The minimum Gasteiger partial charge on any atom is -0.324 e. The monoisotopic (exact) mass is 427 g/mol. The van der Waals surface area contributed by atoms with E-state index in [-0.39, 0.29) is 11.2 Å². The molecule has 2 aromatic carbocycles. The van der Waals surface area contributed by atoms with Crippen molar-refractivity contribution >= 4 is 11.6 Å². The molecule has 0 radical (unpaired) electrons. The minimum atomic E-state index is -4.61. The molecule has 5 nitrogen and oxygen atoms in total. The van der Waals surface area contributed by atoms with Crippen LogP contribution in [-0.2, 0) is 30.4 Å². The number of anilines is 1. The van der Waals surface area contributed by atoms with Gasteiger partial charge in [0.05, 0.1) is 16.9 Å². The molecule has 0 unspecified atom stereocenters. The summed E-state index contributed by atoms with van der Waals surface area (Å²) < 4.78 is 40.7. The predicted molar refractivity (Wildman–Crippen MR) is 111 cm³/mol. The number of alkyl halides is 3. The molecule has 160 valence electrons. The molecule has 3 aromatic rings. The second-order valence-electron chi connectivity index (χ2n) is 7.43. The first-order chi connectivity index (χ1) is 14.8. The highest BCUT2D eigenvalue weighted by Gasteiger charge is 2.33. The van der Waals surface area contributed by atoms with Crippen molar-refractivity contribution in [3.63, 3.8) is 0 Å². The molecule has 1 heterocycles. The van der Waals surface area contributed by atoms with Gasteiger partial charge >= 0.3 is 6.18 Å². The van der Waals surface area contributed by atoms with E-state index in [4.69, 9.17) is 0 Å². The summed E-state index contributed by atoms with van der Waals surface area (Å²) in [6.07, 6.45) is -1.47. The number of hydrogen-bond donors (Lipinski definition) is 1. The normalized spacial score (nSPS) is 13.5. The lowest BCUT2D eigenvalue weighted by Crippen LogP contribution is -2.34. The quantitative estimate of drug-likeness (QED) is 0.669. The van der Waals surface area contributed by atoms with Crippen LogP contribution in [0.3, 0.4) is 0 Å². The third-order valence-corrected chi connectivity index (χ3v) is 5.31. The average Bonchev–Trinajstić information content (AvgIpc) is 2.76. The number of carbonyl (C=O) groups excluding carboxylic acids is 1. The summed E-state index contributed by atoms with van der Waals surface area (Å²) in [5.41, 5.74) is 1.32.